The fourth-order valence-electron chi connectivity index (χ4n) is 1.87. The second-order valence-electron chi connectivity index (χ2n) is 5.66. The zero-order valence-electron chi connectivity index (χ0n) is 12.7. The van der Waals surface area contributed by atoms with Crippen LogP contribution in [-0.2, 0) is 4.74 Å². The van der Waals surface area contributed by atoms with Gasteiger partial charge in [0.15, 0.2) is 11.5 Å². The third-order valence-corrected chi connectivity index (χ3v) is 3.85. The number of amides is 1. The van der Waals surface area contributed by atoms with E-state index in [0.29, 0.717) is 5.82 Å². The number of carbonyl (C=O) groups excluding carboxylic acids is 1. The van der Waals surface area contributed by atoms with Gasteiger partial charge in [0.2, 0.25) is 0 Å². The van der Waals surface area contributed by atoms with Gasteiger partial charge in [0.05, 0.1) is 4.47 Å². The van der Waals surface area contributed by atoms with Crippen molar-refractivity contribution in [2.75, 3.05) is 11.6 Å². The molecule has 2 aromatic rings. The molecule has 0 unspecified atom stereocenters. The van der Waals surface area contributed by atoms with E-state index in [1.807, 2.05) is 50.6 Å². The monoisotopic (exact) mass is 371 g/mol. The third-order valence-electron chi connectivity index (χ3n) is 2.59. The van der Waals surface area contributed by atoms with Crippen LogP contribution in [0.5, 0.6) is 0 Å². The van der Waals surface area contributed by atoms with E-state index in [2.05, 4.69) is 26.2 Å². The average molecular weight is 372 g/mol. The number of carbonyl (C=O) groups is 1. The van der Waals surface area contributed by atoms with Gasteiger partial charge in [-0.25, -0.2) is 9.78 Å². The largest absolute Gasteiger partial charge is 0.444 e. The predicted molar refractivity (Wildman–Crippen MR) is 89.3 cm³/mol. The van der Waals surface area contributed by atoms with Gasteiger partial charge in [0.25, 0.3) is 0 Å². The zero-order chi connectivity index (χ0) is 15.8. The quantitative estimate of drug-likeness (QED) is 0.790. The lowest BCUT2D eigenvalue weighted by Crippen LogP contribution is -2.27. The molecule has 2 rings (SSSR count). The molecule has 0 spiro atoms. The lowest BCUT2D eigenvalue weighted by atomic mass is 10.2. The van der Waals surface area contributed by atoms with Gasteiger partial charge < -0.3 is 4.74 Å². The number of anilines is 1. The summed E-state index contributed by atoms with van der Waals surface area (Å²) in [4.78, 5) is 16.5. The lowest BCUT2D eigenvalue weighted by molar-refractivity contribution is 0.0634. The van der Waals surface area contributed by atoms with Gasteiger partial charge in [-0.2, -0.15) is 0 Å². The standard InChI is InChI=1S/C14H18BrN3O2S/c1-8-6-9(15)10-16-12(21-5)11(18(10)7-8)17-13(19)20-14(2,3)4/h6-7H,1-5H3,(H,17,19). The van der Waals surface area contributed by atoms with Crippen molar-refractivity contribution in [3.05, 3.63) is 22.3 Å². The van der Waals surface area contributed by atoms with Gasteiger partial charge in [-0.15, -0.1) is 11.8 Å². The summed E-state index contributed by atoms with van der Waals surface area (Å²) in [7, 11) is 0. The Bertz CT molecular complexity index is 692. The van der Waals surface area contributed by atoms with E-state index in [1.165, 1.54) is 11.8 Å². The molecule has 0 aliphatic carbocycles. The van der Waals surface area contributed by atoms with E-state index in [4.69, 9.17) is 4.74 Å². The molecule has 114 valence electrons. The highest BCUT2D eigenvalue weighted by Gasteiger charge is 2.20. The Morgan fingerprint density at radius 2 is 2.14 bits per heavy atom. The van der Waals surface area contributed by atoms with Crippen molar-refractivity contribution < 1.29 is 9.53 Å². The number of ether oxygens (including phenoxy) is 1. The van der Waals surface area contributed by atoms with E-state index in [-0.39, 0.29) is 0 Å². The van der Waals surface area contributed by atoms with Crippen LogP contribution < -0.4 is 5.32 Å². The molecule has 0 saturated carbocycles. The van der Waals surface area contributed by atoms with Crippen molar-refractivity contribution in [3.63, 3.8) is 0 Å². The first kappa shape index (κ1) is 16.2. The third kappa shape index (κ3) is 3.71. The van der Waals surface area contributed by atoms with Crippen molar-refractivity contribution in [2.45, 2.75) is 38.3 Å². The first-order valence-corrected chi connectivity index (χ1v) is 8.45. The molecule has 0 fully saturated rings. The van der Waals surface area contributed by atoms with Crippen LogP contribution in [0.15, 0.2) is 21.8 Å². The SMILES string of the molecule is CSc1nc2c(Br)cc(C)cn2c1NC(=O)OC(C)(C)C. The fourth-order valence-corrected chi connectivity index (χ4v) is 3.03. The Balaban J connectivity index is 2.45. The maximum Gasteiger partial charge on any atom is 0.413 e. The molecule has 2 heterocycles. The number of fused-ring (bicyclic) bond motifs is 1. The number of hydrogen-bond donors (Lipinski definition) is 1. The molecule has 0 atom stereocenters. The summed E-state index contributed by atoms with van der Waals surface area (Å²) in [5.41, 5.74) is 1.28. The number of nitrogens with zero attached hydrogens (tertiary/aromatic N) is 2. The zero-order valence-corrected chi connectivity index (χ0v) is 15.1. The number of hydrogen-bond acceptors (Lipinski definition) is 4. The molecule has 0 aliphatic rings. The van der Waals surface area contributed by atoms with Crippen LogP contribution >= 0.6 is 27.7 Å². The van der Waals surface area contributed by atoms with Gasteiger partial charge >= 0.3 is 6.09 Å². The van der Waals surface area contributed by atoms with Crippen molar-refractivity contribution in [1.29, 1.82) is 0 Å². The second kappa shape index (κ2) is 5.88. The Hall–Kier alpha value is -1.21. The van der Waals surface area contributed by atoms with E-state index >= 15 is 0 Å². The summed E-state index contributed by atoms with van der Waals surface area (Å²) in [5, 5.41) is 3.54. The fraction of sp³-hybridized carbons (Fsp3) is 0.429. The number of aromatic nitrogens is 2. The first-order valence-electron chi connectivity index (χ1n) is 6.43. The van der Waals surface area contributed by atoms with Crippen LogP contribution in [0.1, 0.15) is 26.3 Å². The van der Waals surface area contributed by atoms with Crippen LogP contribution in [0.25, 0.3) is 5.65 Å². The van der Waals surface area contributed by atoms with Crippen LogP contribution in [-0.4, -0.2) is 27.3 Å². The summed E-state index contributed by atoms with van der Waals surface area (Å²) >= 11 is 4.98. The summed E-state index contributed by atoms with van der Waals surface area (Å²) in [5.74, 6) is 0.621. The number of aryl methyl sites for hydroxylation is 1. The van der Waals surface area contributed by atoms with Crippen molar-refractivity contribution in [2.24, 2.45) is 0 Å². The molecule has 21 heavy (non-hydrogen) atoms. The lowest BCUT2D eigenvalue weighted by Gasteiger charge is -2.19. The van der Waals surface area contributed by atoms with Gasteiger partial charge in [-0.1, -0.05) is 0 Å². The molecule has 2 aromatic heterocycles. The second-order valence-corrected chi connectivity index (χ2v) is 7.30. The molecule has 1 amide bonds. The highest BCUT2D eigenvalue weighted by Crippen LogP contribution is 2.30. The topological polar surface area (TPSA) is 55.6 Å². The number of pyridine rings is 1. The average Bonchev–Trinajstić information content (AvgIpc) is 2.65. The predicted octanol–water partition coefficient (Wildman–Crippen LogP) is 4.47. The molecule has 0 radical (unpaired) electrons. The smallest absolute Gasteiger partial charge is 0.413 e. The molecule has 0 aromatic carbocycles. The van der Waals surface area contributed by atoms with Gasteiger partial charge in [0, 0.05) is 6.20 Å². The Kier molecular flexibility index (Phi) is 4.53. The molecular formula is C14H18BrN3O2S. The van der Waals surface area contributed by atoms with Crippen molar-refractivity contribution in [1.82, 2.24) is 9.38 Å². The van der Waals surface area contributed by atoms with Crippen LogP contribution in [0.3, 0.4) is 0 Å². The van der Waals surface area contributed by atoms with E-state index < -0.39 is 11.7 Å². The van der Waals surface area contributed by atoms with Crippen LogP contribution in [0.2, 0.25) is 0 Å². The Morgan fingerprint density at radius 1 is 1.48 bits per heavy atom. The first-order chi connectivity index (χ1) is 9.71. The molecule has 0 aliphatic heterocycles. The number of rotatable bonds is 2. The molecule has 5 nitrogen and oxygen atoms in total. The summed E-state index contributed by atoms with van der Waals surface area (Å²) < 4.78 is 8.05. The van der Waals surface area contributed by atoms with Gasteiger partial charge in [-0.3, -0.25) is 9.72 Å². The molecule has 1 N–H and O–H groups in total. The highest BCUT2D eigenvalue weighted by atomic mass is 79.9. The van der Waals surface area contributed by atoms with Gasteiger partial charge in [0.1, 0.15) is 10.6 Å². The normalized spacial score (nSPS) is 11.7. The summed E-state index contributed by atoms with van der Waals surface area (Å²) in [6, 6.07) is 1.99. The number of halogens is 1. The maximum atomic E-state index is 12.0. The highest BCUT2D eigenvalue weighted by molar-refractivity contribution is 9.10. The molecule has 7 heteroatoms. The minimum absolute atomic E-state index is 0.489. The van der Waals surface area contributed by atoms with Crippen molar-refractivity contribution >= 4 is 45.3 Å². The maximum absolute atomic E-state index is 12.0. The summed E-state index contributed by atoms with van der Waals surface area (Å²) in [6.07, 6.45) is 3.36. The Morgan fingerprint density at radius 3 is 2.71 bits per heavy atom. The van der Waals surface area contributed by atoms with E-state index in [9.17, 15) is 4.79 Å². The Labute approximate surface area is 136 Å². The number of imidazole rings is 1. The molecule has 0 saturated heterocycles. The van der Waals surface area contributed by atoms with Crippen LogP contribution in [0.4, 0.5) is 10.6 Å². The van der Waals surface area contributed by atoms with Crippen LogP contribution in [0, 0.1) is 6.92 Å². The van der Waals surface area contributed by atoms with Crippen molar-refractivity contribution in [3.8, 4) is 0 Å². The minimum atomic E-state index is -0.541. The van der Waals surface area contributed by atoms with Gasteiger partial charge in [-0.05, 0) is 61.5 Å². The summed E-state index contributed by atoms with van der Waals surface area (Å²) in [6.45, 7) is 7.48. The molecule has 0 bridgehead atoms. The number of thioether (sulfide) groups is 1. The number of nitrogens with one attached hydrogen (secondary N) is 1. The van der Waals surface area contributed by atoms with E-state index in [0.717, 1.165) is 20.7 Å². The molecular weight excluding hydrogens is 354 g/mol. The van der Waals surface area contributed by atoms with E-state index in [1.54, 1.807) is 0 Å². The minimum Gasteiger partial charge on any atom is -0.444 e.